The fourth-order valence-corrected chi connectivity index (χ4v) is 2.91. The molecule has 1 aliphatic rings. The zero-order valence-corrected chi connectivity index (χ0v) is 14.4. The third kappa shape index (κ3) is 3.48. The Labute approximate surface area is 123 Å². The van der Waals surface area contributed by atoms with E-state index in [1.54, 1.807) is 6.20 Å². The van der Waals surface area contributed by atoms with Gasteiger partial charge < -0.3 is 9.53 Å². The van der Waals surface area contributed by atoms with E-state index in [9.17, 15) is 5.11 Å². The number of rotatable bonds is 5. The fourth-order valence-electron chi connectivity index (χ4n) is 1.98. The van der Waals surface area contributed by atoms with E-state index in [-0.39, 0.29) is 11.6 Å². The van der Waals surface area contributed by atoms with E-state index in [1.807, 2.05) is 0 Å². The number of aliphatic hydroxyl groups excluding tert-OH is 1. The highest BCUT2D eigenvalue weighted by Gasteiger charge is 2.37. The van der Waals surface area contributed by atoms with Gasteiger partial charge in [0, 0.05) is 6.20 Å². The van der Waals surface area contributed by atoms with Crippen LogP contribution in [0.3, 0.4) is 0 Å². The first kappa shape index (κ1) is 15.7. The minimum atomic E-state index is -1.74. The lowest BCUT2D eigenvalue weighted by molar-refractivity contribution is 0.268. The molecule has 0 amide bonds. The van der Waals surface area contributed by atoms with Gasteiger partial charge in [0.05, 0.1) is 18.9 Å². The highest BCUT2D eigenvalue weighted by molar-refractivity contribution is 6.74. The molecule has 0 aromatic carbocycles. The Bertz CT molecular complexity index is 476. The van der Waals surface area contributed by atoms with Gasteiger partial charge in [-0.2, -0.15) is 0 Å². The Balaban J connectivity index is 2.13. The van der Waals surface area contributed by atoms with E-state index in [2.05, 4.69) is 44.9 Å². The largest absolute Gasteiger partial charge is 0.411 e. The maximum absolute atomic E-state index is 9.26. The first-order valence-electron chi connectivity index (χ1n) is 7.47. The SMILES string of the molecule is CC(C)(C)[Si](C)(C)OCc1ncc(CO)cc1C1CC1. The van der Waals surface area contributed by atoms with Crippen molar-refractivity contribution in [2.45, 2.75) is 70.9 Å². The highest BCUT2D eigenvalue weighted by Crippen LogP contribution is 2.42. The summed E-state index contributed by atoms with van der Waals surface area (Å²) in [5.41, 5.74) is 3.26. The number of aromatic nitrogens is 1. The average Bonchev–Trinajstić information content (AvgIpc) is 3.19. The minimum Gasteiger partial charge on any atom is -0.411 e. The van der Waals surface area contributed by atoms with Gasteiger partial charge in [-0.05, 0) is 54.1 Å². The molecule has 1 heterocycles. The first-order valence-corrected chi connectivity index (χ1v) is 10.4. The van der Waals surface area contributed by atoms with Crippen LogP contribution in [0.2, 0.25) is 18.1 Å². The topological polar surface area (TPSA) is 42.4 Å². The van der Waals surface area contributed by atoms with Gasteiger partial charge in [-0.25, -0.2) is 0 Å². The second kappa shape index (κ2) is 5.58. The van der Waals surface area contributed by atoms with Crippen LogP contribution in [0.5, 0.6) is 0 Å². The Morgan fingerprint density at radius 3 is 2.50 bits per heavy atom. The zero-order valence-electron chi connectivity index (χ0n) is 13.4. The van der Waals surface area contributed by atoms with Crippen molar-refractivity contribution in [1.82, 2.24) is 4.98 Å². The van der Waals surface area contributed by atoms with Gasteiger partial charge in [0.15, 0.2) is 8.32 Å². The molecule has 20 heavy (non-hydrogen) atoms. The number of hydrogen-bond donors (Lipinski definition) is 1. The molecule has 0 bridgehead atoms. The summed E-state index contributed by atoms with van der Waals surface area (Å²) in [5, 5.41) is 9.48. The summed E-state index contributed by atoms with van der Waals surface area (Å²) in [5.74, 6) is 0.631. The molecule has 1 aromatic rings. The summed E-state index contributed by atoms with van der Waals surface area (Å²) in [6.45, 7) is 12.0. The van der Waals surface area contributed by atoms with Crippen molar-refractivity contribution in [3.63, 3.8) is 0 Å². The molecule has 3 nitrogen and oxygen atoms in total. The molecule has 1 aromatic heterocycles. The summed E-state index contributed by atoms with van der Waals surface area (Å²) < 4.78 is 6.29. The molecule has 0 atom stereocenters. The Kier molecular flexibility index (Phi) is 4.37. The molecule has 4 heteroatoms. The number of hydrogen-bond acceptors (Lipinski definition) is 3. The summed E-state index contributed by atoms with van der Waals surface area (Å²) in [6.07, 6.45) is 4.25. The van der Waals surface area contributed by atoms with Crippen molar-refractivity contribution in [2.24, 2.45) is 0 Å². The molecule has 0 spiro atoms. The molecule has 1 aliphatic carbocycles. The second-order valence-corrected chi connectivity index (χ2v) is 12.2. The van der Waals surface area contributed by atoms with E-state index in [4.69, 9.17) is 4.43 Å². The van der Waals surface area contributed by atoms with Crippen LogP contribution in [0, 0.1) is 0 Å². The van der Waals surface area contributed by atoms with Crippen LogP contribution in [0.4, 0.5) is 0 Å². The van der Waals surface area contributed by atoms with Crippen molar-refractivity contribution in [2.75, 3.05) is 0 Å². The maximum Gasteiger partial charge on any atom is 0.192 e. The highest BCUT2D eigenvalue weighted by atomic mass is 28.4. The van der Waals surface area contributed by atoms with E-state index in [0.29, 0.717) is 12.5 Å². The Morgan fingerprint density at radius 1 is 1.35 bits per heavy atom. The van der Waals surface area contributed by atoms with Crippen LogP contribution in [-0.2, 0) is 17.6 Å². The predicted octanol–water partition coefficient (Wildman–Crippen LogP) is 3.97. The molecule has 1 N–H and O–H groups in total. The van der Waals surface area contributed by atoms with Gasteiger partial charge in [-0.1, -0.05) is 20.8 Å². The van der Waals surface area contributed by atoms with Gasteiger partial charge in [-0.15, -0.1) is 0 Å². The minimum absolute atomic E-state index is 0.0656. The van der Waals surface area contributed by atoms with E-state index < -0.39 is 8.32 Å². The predicted molar refractivity (Wildman–Crippen MR) is 84.1 cm³/mol. The molecule has 0 unspecified atom stereocenters. The molecule has 0 saturated heterocycles. The van der Waals surface area contributed by atoms with E-state index in [1.165, 1.54) is 18.4 Å². The van der Waals surface area contributed by atoms with E-state index in [0.717, 1.165) is 11.3 Å². The summed E-state index contributed by atoms with van der Waals surface area (Å²) >= 11 is 0. The van der Waals surface area contributed by atoms with Crippen LogP contribution < -0.4 is 0 Å². The standard InChI is InChI=1S/C16H27NO2Si/c1-16(2,3)20(4,5)19-11-15-14(13-6-7-13)8-12(10-18)9-17-15/h8-9,13,18H,6-7,10-11H2,1-5H3. The molecule has 0 radical (unpaired) electrons. The van der Waals surface area contributed by atoms with Gasteiger partial charge in [-0.3, -0.25) is 4.98 Å². The maximum atomic E-state index is 9.26. The van der Waals surface area contributed by atoms with Crippen LogP contribution in [0.25, 0.3) is 0 Å². The lowest BCUT2D eigenvalue weighted by Gasteiger charge is -2.36. The Hall–Kier alpha value is -0.713. The molecule has 1 saturated carbocycles. The summed E-state index contributed by atoms with van der Waals surface area (Å²) in [7, 11) is -1.74. The van der Waals surface area contributed by atoms with Crippen LogP contribution >= 0.6 is 0 Å². The molecule has 1 fully saturated rings. The fraction of sp³-hybridized carbons (Fsp3) is 0.688. The van der Waals surface area contributed by atoms with Gasteiger partial charge >= 0.3 is 0 Å². The lowest BCUT2D eigenvalue weighted by atomic mass is 10.1. The average molecular weight is 293 g/mol. The zero-order chi connectivity index (χ0) is 15.0. The van der Waals surface area contributed by atoms with Crippen molar-refractivity contribution >= 4 is 8.32 Å². The van der Waals surface area contributed by atoms with Gasteiger partial charge in [0.25, 0.3) is 0 Å². The third-order valence-electron chi connectivity index (χ3n) is 4.64. The second-order valence-electron chi connectivity index (χ2n) is 7.36. The smallest absolute Gasteiger partial charge is 0.192 e. The third-order valence-corrected chi connectivity index (χ3v) is 9.11. The summed E-state index contributed by atoms with van der Waals surface area (Å²) in [4.78, 5) is 4.53. The number of nitrogens with zero attached hydrogens (tertiary/aromatic N) is 1. The first-order chi connectivity index (χ1) is 9.24. The number of aliphatic hydroxyl groups is 1. The Morgan fingerprint density at radius 2 is 2.00 bits per heavy atom. The van der Waals surface area contributed by atoms with E-state index >= 15 is 0 Å². The molecular weight excluding hydrogens is 266 g/mol. The van der Waals surface area contributed by atoms with Crippen molar-refractivity contribution in [3.8, 4) is 0 Å². The molecular formula is C16H27NO2Si. The normalized spacial score (nSPS) is 16.5. The van der Waals surface area contributed by atoms with Crippen molar-refractivity contribution in [3.05, 3.63) is 29.1 Å². The lowest BCUT2D eigenvalue weighted by Crippen LogP contribution is -2.40. The monoisotopic (exact) mass is 293 g/mol. The molecule has 0 aliphatic heterocycles. The van der Waals surface area contributed by atoms with Crippen molar-refractivity contribution in [1.29, 1.82) is 0 Å². The van der Waals surface area contributed by atoms with Crippen LogP contribution in [0.15, 0.2) is 12.3 Å². The van der Waals surface area contributed by atoms with Crippen molar-refractivity contribution < 1.29 is 9.53 Å². The van der Waals surface area contributed by atoms with Gasteiger partial charge in [0.2, 0.25) is 0 Å². The number of pyridine rings is 1. The quantitative estimate of drug-likeness (QED) is 0.835. The molecule has 2 rings (SSSR count). The molecule has 112 valence electrons. The van der Waals surface area contributed by atoms with Gasteiger partial charge in [0.1, 0.15) is 0 Å². The van der Waals surface area contributed by atoms with Crippen LogP contribution in [0.1, 0.15) is 56.4 Å². The summed E-state index contributed by atoms with van der Waals surface area (Å²) in [6, 6.07) is 2.11. The van der Waals surface area contributed by atoms with Crippen LogP contribution in [-0.4, -0.2) is 18.4 Å².